The van der Waals surface area contributed by atoms with Crippen LogP contribution in [0.3, 0.4) is 0 Å². The number of amides is 1. The van der Waals surface area contributed by atoms with Crippen molar-refractivity contribution in [2.75, 3.05) is 13.1 Å². The molecule has 0 aliphatic carbocycles. The van der Waals surface area contributed by atoms with Crippen LogP contribution < -0.4 is 11.1 Å². The average Bonchev–Trinajstić information content (AvgIpc) is 2.85. The predicted molar refractivity (Wildman–Crippen MR) is 85.7 cm³/mol. The molecule has 21 heavy (non-hydrogen) atoms. The highest BCUT2D eigenvalue weighted by atomic mass is 16.2. The van der Waals surface area contributed by atoms with Gasteiger partial charge in [0, 0.05) is 25.7 Å². The van der Waals surface area contributed by atoms with Crippen molar-refractivity contribution in [2.24, 2.45) is 11.1 Å². The maximum Gasteiger partial charge on any atom is 0.237 e. The Hall–Kier alpha value is -1.39. The Bertz CT molecular complexity index is 467. The molecule has 4 heteroatoms. The number of nitrogens with one attached hydrogen (secondary N) is 1. The first-order valence-electron chi connectivity index (χ1n) is 7.68. The van der Waals surface area contributed by atoms with Gasteiger partial charge in [-0.2, -0.15) is 0 Å². The quantitative estimate of drug-likeness (QED) is 0.888. The van der Waals surface area contributed by atoms with Gasteiger partial charge in [-0.25, -0.2) is 0 Å². The molecule has 1 fully saturated rings. The second-order valence-corrected chi connectivity index (χ2v) is 7.06. The molecule has 4 nitrogen and oxygen atoms in total. The van der Waals surface area contributed by atoms with Gasteiger partial charge in [0.05, 0.1) is 6.04 Å². The van der Waals surface area contributed by atoms with Crippen LogP contribution in [0.25, 0.3) is 0 Å². The van der Waals surface area contributed by atoms with Crippen molar-refractivity contribution >= 4 is 5.91 Å². The van der Waals surface area contributed by atoms with Gasteiger partial charge in [-0.3, -0.25) is 9.69 Å². The zero-order chi connectivity index (χ0) is 15.5. The molecule has 1 saturated heterocycles. The fraction of sp³-hybridized carbons (Fsp3) is 0.588. The molecule has 0 spiro atoms. The van der Waals surface area contributed by atoms with E-state index >= 15 is 0 Å². The van der Waals surface area contributed by atoms with Gasteiger partial charge in [-0.15, -0.1) is 0 Å². The molecule has 116 valence electrons. The predicted octanol–water partition coefficient (Wildman–Crippen LogP) is 1.75. The molecule has 0 saturated carbocycles. The van der Waals surface area contributed by atoms with Crippen molar-refractivity contribution in [1.29, 1.82) is 0 Å². The summed E-state index contributed by atoms with van der Waals surface area (Å²) >= 11 is 0. The van der Waals surface area contributed by atoms with E-state index in [-0.39, 0.29) is 17.4 Å². The summed E-state index contributed by atoms with van der Waals surface area (Å²) in [7, 11) is 0. The van der Waals surface area contributed by atoms with Crippen molar-refractivity contribution < 1.29 is 4.79 Å². The van der Waals surface area contributed by atoms with Crippen molar-refractivity contribution in [1.82, 2.24) is 10.2 Å². The van der Waals surface area contributed by atoms with E-state index in [4.69, 9.17) is 5.73 Å². The maximum atomic E-state index is 12.2. The van der Waals surface area contributed by atoms with E-state index in [1.54, 1.807) is 0 Å². The molecule has 1 amide bonds. The summed E-state index contributed by atoms with van der Waals surface area (Å²) in [6.45, 7) is 8.84. The summed E-state index contributed by atoms with van der Waals surface area (Å²) in [5.41, 5.74) is 7.12. The van der Waals surface area contributed by atoms with E-state index in [0.717, 1.165) is 26.1 Å². The number of carbonyl (C=O) groups is 1. The summed E-state index contributed by atoms with van der Waals surface area (Å²) in [6, 6.07) is 10.2. The minimum atomic E-state index is -0.458. The molecule has 2 unspecified atom stereocenters. The second kappa shape index (κ2) is 6.58. The molecule has 0 aromatic heterocycles. The fourth-order valence-corrected chi connectivity index (χ4v) is 2.62. The van der Waals surface area contributed by atoms with Gasteiger partial charge in [0.1, 0.15) is 0 Å². The standard InChI is InChI=1S/C17H27N3O/c1-17(2,3)15(18)16(21)19-14-9-10-20(12-14)11-13-7-5-4-6-8-13/h4-8,14-15H,9-12,18H2,1-3H3,(H,19,21). The first-order chi connectivity index (χ1) is 9.86. The molecule has 1 aliphatic rings. The third-order valence-corrected chi connectivity index (χ3v) is 4.08. The monoisotopic (exact) mass is 289 g/mol. The molecule has 1 heterocycles. The van der Waals surface area contributed by atoms with Crippen LogP contribution in [0.2, 0.25) is 0 Å². The Balaban J connectivity index is 1.82. The van der Waals surface area contributed by atoms with Gasteiger partial charge in [-0.1, -0.05) is 51.1 Å². The van der Waals surface area contributed by atoms with Gasteiger partial charge in [-0.05, 0) is 17.4 Å². The molecule has 1 aromatic carbocycles. The highest BCUT2D eigenvalue weighted by molar-refractivity contribution is 5.82. The molecule has 1 aromatic rings. The van der Waals surface area contributed by atoms with Crippen LogP contribution >= 0.6 is 0 Å². The number of carbonyl (C=O) groups excluding carboxylic acids is 1. The smallest absolute Gasteiger partial charge is 0.237 e. The van der Waals surface area contributed by atoms with Crippen LogP contribution in [0, 0.1) is 5.41 Å². The van der Waals surface area contributed by atoms with Crippen molar-refractivity contribution in [2.45, 2.75) is 45.8 Å². The van der Waals surface area contributed by atoms with Gasteiger partial charge < -0.3 is 11.1 Å². The summed E-state index contributed by atoms with van der Waals surface area (Å²) in [6.07, 6.45) is 0.995. The Morgan fingerprint density at radius 2 is 2.05 bits per heavy atom. The molecule has 2 rings (SSSR count). The summed E-state index contributed by atoms with van der Waals surface area (Å²) < 4.78 is 0. The minimum absolute atomic E-state index is 0.0333. The zero-order valence-corrected chi connectivity index (χ0v) is 13.3. The Labute approximate surface area is 127 Å². The molecular formula is C17H27N3O. The Kier molecular flexibility index (Phi) is 5.01. The normalized spacial score (nSPS) is 21.2. The average molecular weight is 289 g/mol. The van der Waals surface area contributed by atoms with Crippen LogP contribution in [-0.4, -0.2) is 36.0 Å². The number of nitrogens with two attached hydrogens (primary N) is 1. The van der Waals surface area contributed by atoms with Gasteiger partial charge in [0.15, 0.2) is 0 Å². The van der Waals surface area contributed by atoms with Crippen LogP contribution in [0.1, 0.15) is 32.8 Å². The van der Waals surface area contributed by atoms with E-state index in [2.05, 4.69) is 34.5 Å². The van der Waals surface area contributed by atoms with Crippen molar-refractivity contribution in [3.8, 4) is 0 Å². The Morgan fingerprint density at radius 3 is 2.67 bits per heavy atom. The largest absolute Gasteiger partial charge is 0.351 e. The topological polar surface area (TPSA) is 58.4 Å². The third-order valence-electron chi connectivity index (χ3n) is 4.08. The molecular weight excluding hydrogens is 262 g/mol. The molecule has 2 atom stereocenters. The molecule has 1 aliphatic heterocycles. The van der Waals surface area contributed by atoms with Crippen LogP contribution in [0.15, 0.2) is 30.3 Å². The number of likely N-dealkylation sites (tertiary alicyclic amines) is 1. The van der Waals surface area contributed by atoms with E-state index in [0.29, 0.717) is 0 Å². The number of nitrogens with zero attached hydrogens (tertiary/aromatic N) is 1. The lowest BCUT2D eigenvalue weighted by atomic mass is 9.87. The fourth-order valence-electron chi connectivity index (χ4n) is 2.62. The van der Waals surface area contributed by atoms with Crippen LogP contribution in [0.5, 0.6) is 0 Å². The maximum absolute atomic E-state index is 12.2. The Morgan fingerprint density at radius 1 is 1.38 bits per heavy atom. The minimum Gasteiger partial charge on any atom is -0.351 e. The summed E-state index contributed by atoms with van der Waals surface area (Å²) in [5, 5.41) is 3.10. The van der Waals surface area contributed by atoms with E-state index in [9.17, 15) is 4.79 Å². The molecule has 3 N–H and O–H groups in total. The van der Waals surface area contributed by atoms with Gasteiger partial charge in [0.25, 0.3) is 0 Å². The molecule has 0 radical (unpaired) electrons. The number of rotatable bonds is 4. The summed E-state index contributed by atoms with van der Waals surface area (Å²) in [4.78, 5) is 14.5. The molecule has 0 bridgehead atoms. The lowest BCUT2D eigenvalue weighted by Crippen LogP contribution is -2.51. The lowest BCUT2D eigenvalue weighted by Gasteiger charge is -2.27. The number of hydrogen-bond acceptors (Lipinski definition) is 3. The van der Waals surface area contributed by atoms with Gasteiger partial charge >= 0.3 is 0 Å². The lowest BCUT2D eigenvalue weighted by molar-refractivity contribution is -0.125. The van der Waals surface area contributed by atoms with E-state index in [1.807, 2.05) is 26.8 Å². The van der Waals surface area contributed by atoms with E-state index in [1.165, 1.54) is 5.56 Å². The summed E-state index contributed by atoms with van der Waals surface area (Å²) in [5.74, 6) is -0.0333. The first-order valence-corrected chi connectivity index (χ1v) is 7.68. The zero-order valence-electron chi connectivity index (χ0n) is 13.3. The van der Waals surface area contributed by atoms with Crippen LogP contribution in [-0.2, 0) is 11.3 Å². The number of benzene rings is 1. The third kappa shape index (κ3) is 4.55. The van der Waals surface area contributed by atoms with Crippen molar-refractivity contribution in [3.05, 3.63) is 35.9 Å². The van der Waals surface area contributed by atoms with Gasteiger partial charge in [0.2, 0.25) is 5.91 Å². The SMILES string of the molecule is CC(C)(C)C(N)C(=O)NC1CCN(Cc2ccccc2)C1. The number of hydrogen-bond donors (Lipinski definition) is 2. The van der Waals surface area contributed by atoms with E-state index < -0.39 is 6.04 Å². The van der Waals surface area contributed by atoms with Crippen molar-refractivity contribution in [3.63, 3.8) is 0 Å². The highest BCUT2D eigenvalue weighted by Gasteiger charge is 2.30. The van der Waals surface area contributed by atoms with Crippen LogP contribution in [0.4, 0.5) is 0 Å². The second-order valence-electron chi connectivity index (χ2n) is 7.06. The highest BCUT2D eigenvalue weighted by Crippen LogP contribution is 2.18. The first kappa shape index (κ1) is 16.0.